The predicted octanol–water partition coefficient (Wildman–Crippen LogP) is 2.30. The highest BCUT2D eigenvalue weighted by molar-refractivity contribution is 6.30. The van der Waals surface area contributed by atoms with Crippen LogP contribution in [-0.4, -0.2) is 24.1 Å². The van der Waals surface area contributed by atoms with Crippen LogP contribution in [0.15, 0.2) is 47.5 Å². The average molecular weight is 312 g/mol. The smallest absolute Gasteiger partial charge is 0.261 e. The molecule has 0 atom stereocenters. The summed E-state index contributed by atoms with van der Waals surface area (Å²) < 4.78 is 3.09. The van der Waals surface area contributed by atoms with Crippen LogP contribution in [0.2, 0.25) is 5.02 Å². The van der Waals surface area contributed by atoms with Crippen LogP contribution in [0, 0.1) is 0 Å². The van der Waals surface area contributed by atoms with E-state index in [-0.39, 0.29) is 5.56 Å². The first-order chi connectivity index (χ1) is 10.6. The summed E-state index contributed by atoms with van der Waals surface area (Å²) in [6.07, 6.45) is 3.24. The molecule has 6 nitrogen and oxygen atoms in total. The van der Waals surface area contributed by atoms with Gasteiger partial charge in [-0.05, 0) is 30.3 Å². The Labute approximate surface area is 129 Å². The monoisotopic (exact) mass is 311 g/mol. The quantitative estimate of drug-likeness (QED) is 0.541. The fourth-order valence-electron chi connectivity index (χ4n) is 2.34. The van der Waals surface area contributed by atoms with Crippen molar-refractivity contribution in [1.82, 2.24) is 24.1 Å². The molecule has 0 fully saturated rings. The average Bonchev–Trinajstić information content (AvgIpc) is 2.96. The molecular formula is C15H10ClN5O. The Bertz CT molecular complexity index is 1070. The molecule has 4 aromatic rings. The van der Waals surface area contributed by atoms with Crippen molar-refractivity contribution in [2.75, 3.05) is 0 Å². The first-order valence-electron chi connectivity index (χ1n) is 6.60. The van der Waals surface area contributed by atoms with Crippen LogP contribution in [-0.2, 0) is 7.05 Å². The van der Waals surface area contributed by atoms with Crippen LogP contribution in [0.3, 0.4) is 0 Å². The molecule has 3 heterocycles. The van der Waals surface area contributed by atoms with Crippen LogP contribution in [0.1, 0.15) is 0 Å². The number of benzene rings is 1. The molecule has 0 spiro atoms. The fourth-order valence-corrected chi connectivity index (χ4v) is 2.46. The molecule has 0 aliphatic rings. The van der Waals surface area contributed by atoms with Gasteiger partial charge < -0.3 is 4.57 Å². The van der Waals surface area contributed by atoms with E-state index in [1.165, 1.54) is 10.8 Å². The summed E-state index contributed by atoms with van der Waals surface area (Å²) in [5.74, 6) is 0.989. The highest BCUT2D eigenvalue weighted by Crippen LogP contribution is 2.20. The minimum absolute atomic E-state index is 0.115. The Morgan fingerprint density at radius 2 is 1.91 bits per heavy atom. The lowest BCUT2D eigenvalue weighted by atomic mass is 10.2. The molecule has 0 unspecified atom stereocenters. The molecule has 3 aromatic heterocycles. The summed E-state index contributed by atoms with van der Waals surface area (Å²) in [7, 11) is 1.70. The lowest BCUT2D eigenvalue weighted by Gasteiger charge is -2.01. The number of pyridine rings is 1. The third kappa shape index (κ3) is 1.88. The molecule has 22 heavy (non-hydrogen) atoms. The van der Waals surface area contributed by atoms with Crippen molar-refractivity contribution in [2.45, 2.75) is 0 Å². The molecule has 4 rings (SSSR count). The third-order valence-electron chi connectivity index (χ3n) is 3.51. The molecular weight excluding hydrogens is 302 g/mol. The zero-order chi connectivity index (χ0) is 15.3. The molecule has 0 saturated heterocycles. The molecule has 0 amide bonds. The number of aryl methyl sites for hydroxylation is 1. The Morgan fingerprint density at radius 1 is 1.14 bits per heavy atom. The Morgan fingerprint density at radius 3 is 2.68 bits per heavy atom. The minimum atomic E-state index is -0.115. The zero-order valence-electron chi connectivity index (χ0n) is 11.6. The molecule has 0 aliphatic carbocycles. The number of fused-ring (bicyclic) bond motifs is 3. The molecule has 0 radical (unpaired) electrons. The zero-order valence-corrected chi connectivity index (χ0v) is 12.3. The van der Waals surface area contributed by atoms with Crippen molar-refractivity contribution in [3.63, 3.8) is 0 Å². The van der Waals surface area contributed by atoms with Crippen LogP contribution < -0.4 is 5.56 Å². The van der Waals surface area contributed by atoms with Gasteiger partial charge in [-0.25, -0.2) is 4.98 Å². The van der Waals surface area contributed by atoms with Gasteiger partial charge in [0.2, 0.25) is 0 Å². The standard InChI is InChI=1S/C15H10ClN5O/c1-20-7-6-12-11(14(20)22)8-17-15-18-13(19-21(12)15)9-2-4-10(16)5-3-9/h2-8H,1H3. The second-order valence-corrected chi connectivity index (χ2v) is 5.38. The van der Waals surface area contributed by atoms with Gasteiger partial charge >= 0.3 is 0 Å². The third-order valence-corrected chi connectivity index (χ3v) is 3.76. The van der Waals surface area contributed by atoms with Crippen molar-refractivity contribution < 1.29 is 0 Å². The lowest BCUT2D eigenvalue weighted by molar-refractivity contribution is 0.865. The highest BCUT2D eigenvalue weighted by Gasteiger charge is 2.11. The number of hydrogen-bond donors (Lipinski definition) is 0. The topological polar surface area (TPSA) is 65.1 Å². The number of rotatable bonds is 1. The molecule has 1 aromatic carbocycles. The first kappa shape index (κ1) is 13.0. The highest BCUT2D eigenvalue weighted by atomic mass is 35.5. The number of aromatic nitrogens is 5. The van der Waals surface area contributed by atoms with Crippen LogP contribution >= 0.6 is 11.6 Å². The van der Waals surface area contributed by atoms with E-state index < -0.39 is 0 Å². The van der Waals surface area contributed by atoms with E-state index in [1.54, 1.807) is 29.9 Å². The van der Waals surface area contributed by atoms with Gasteiger partial charge in [0.15, 0.2) is 5.82 Å². The Balaban J connectivity index is 2.01. The van der Waals surface area contributed by atoms with E-state index in [9.17, 15) is 4.79 Å². The van der Waals surface area contributed by atoms with Gasteiger partial charge in [0.25, 0.3) is 11.3 Å². The fraction of sp³-hybridized carbons (Fsp3) is 0.0667. The normalized spacial score (nSPS) is 11.4. The maximum atomic E-state index is 12.1. The molecule has 7 heteroatoms. The van der Waals surface area contributed by atoms with Gasteiger partial charge in [0.1, 0.15) is 0 Å². The maximum Gasteiger partial charge on any atom is 0.261 e. The second kappa shape index (κ2) is 4.64. The van der Waals surface area contributed by atoms with Gasteiger partial charge in [0.05, 0.1) is 10.9 Å². The molecule has 0 aliphatic heterocycles. The number of nitrogens with zero attached hydrogens (tertiary/aromatic N) is 5. The summed E-state index contributed by atoms with van der Waals surface area (Å²) in [4.78, 5) is 20.8. The van der Waals surface area contributed by atoms with E-state index in [4.69, 9.17) is 11.6 Å². The van der Waals surface area contributed by atoms with Crippen LogP contribution in [0.4, 0.5) is 0 Å². The summed E-state index contributed by atoms with van der Waals surface area (Å²) in [6.45, 7) is 0. The van der Waals surface area contributed by atoms with Crippen molar-refractivity contribution in [1.29, 1.82) is 0 Å². The van der Waals surface area contributed by atoms with Crippen LogP contribution in [0.5, 0.6) is 0 Å². The largest absolute Gasteiger partial charge is 0.318 e. The Kier molecular flexibility index (Phi) is 2.74. The summed E-state index contributed by atoms with van der Waals surface area (Å²) in [5.41, 5.74) is 1.41. The van der Waals surface area contributed by atoms with Gasteiger partial charge in [-0.15, -0.1) is 5.10 Å². The first-order valence-corrected chi connectivity index (χ1v) is 6.98. The van der Waals surface area contributed by atoms with E-state index >= 15 is 0 Å². The van der Waals surface area contributed by atoms with Crippen molar-refractivity contribution in [3.8, 4) is 11.4 Å². The molecule has 0 saturated carbocycles. The van der Waals surface area contributed by atoms with E-state index in [1.807, 2.05) is 18.2 Å². The summed E-state index contributed by atoms with van der Waals surface area (Å²) >= 11 is 5.89. The van der Waals surface area contributed by atoms with Crippen molar-refractivity contribution >= 4 is 28.3 Å². The Hall–Kier alpha value is -2.73. The lowest BCUT2D eigenvalue weighted by Crippen LogP contribution is -2.16. The van der Waals surface area contributed by atoms with E-state index in [0.29, 0.717) is 27.5 Å². The van der Waals surface area contributed by atoms with Gasteiger partial charge in [-0.2, -0.15) is 9.50 Å². The number of halogens is 1. The van der Waals surface area contributed by atoms with E-state index in [2.05, 4.69) is 15.1 Å². The van der Waals surface area contributed by atoms with E-state index in [0.717, 1.165) is 5.56 Å². The minimum Gasteiger partial charge on any atom is -0.318 e. The molecule has 0 N–H and O–H groups in total. The number of hydrogen-bond acceptors (Lipinski definition) is 4. The molecule has 0 bridgehead atoms. The van der Waals surface area contributed by atoms with Crippen molar-refractivity contribution in [3.05, 3.63) is 58.1 Å². The predicted molar refractivity (Wildman–Crippen MR) is 84.0 cm³/mol. The summed E-state index contributed by atoms with van der Waals surface area (Å²) in [6, 6.07) is 9.08. The van der Waals surface area contributed by atoms with Gasteiger partial charge in [0, 0.05) is 30.0 Å². The second-order valence-electron chi connectivity index (χ2n) is 4.94. The SMILES string of the molecule is Cn1ccc2c(cnc3nc(-c4ccc(Cl)cc4)nn32)c1=O. The maximum absolute atomic E-state index is 12.1. The summed E-state index contributed by atoms with van der Waals surface area (Å²) in [5, 5.41) is 5.62. The van der Waals surface area contributed by atoms with Gasteiger partial charge in [-0.1, -0.05) is 11.6 Å². The van der Waals surface area contributed by atoms with Crippen molar-refractivity contribution in [2.24, 2.45) is 7.05 Å². The van der Waals surface area contributed by atoms with Gasteiger partial charge in [-0.3, -0.25) is 4.79 Å². The van der Waals surface area contributed by atoms with Crippen LogP contribution in [0.25, 0.3) is 28.1 Å². The molecule has 108 valence electrons.